The lowest BCUT2D eigenvalue weighted by Gasteiger charge is -2.38. The predicted octanol–water partition coefficient (Wildman–Crippen LogP) is 4.27. The van der Waals surface area contributed by atoms with Crippen molar-refractivity contribution >= 4 is 23.2 Å². The number of ether oxygens (including phenoxy) is 1. The maximum absolute atomic E-state index is 13.5. The van der Waals surface area contributed by atoms with Crippen LogP contribution < -0.4 is 4.74 Å². The number of rotatable bonds is 7. The Bertz CT molecular complexity index is 888. The van der Waals surface area contributed by atoms with E-state index in [2.05, 4.69) is 18.4 Å². The zero-order valence-electron chi connectivity index (χ0n) is 17.8. The molecular weight excluding hydrogens is 396 g/mol. The smallest absolute Gasteiger partial charge is 0.242 e. The van der Waals surface area contributed by atoms with Gasteiger partial charge in [0.05, 0.1) is 19.7 Å². The average molecular weight is 427 g/mol. The highest BCUT2D eigenvalue weighted by atomic mass is 32.1. The molecule has 0 saturated heterocycles. The number of fused-ring (bicyclic) bond motifs is 1. The number of methoxy groups -OCH3 is 1. The number of carbonyl (C=O) groups is 2. The van der Waals surface area contributed by atoms with Crippen molar-refractivity contribution in [1.29, 1.82) is 0 Å². The third-order valence-corrected chi connectivity index (χ3v) is 7.30. The van der Waals surface area contributed by atoms with Crippen LogP contribution in [0, 0.1) is 5.92 Å². The lowest BCUT2D eigenvalue weighted by atomic mass is 9.84. The van der Waals surface area contributed by atoms with Crippen LogP contribution in [0.3, 0.4) is 0 Å². The Morgan fingerprint density at radius 1 is 1.20 bits per heavy atom. The van der Waals surface area contributed by atoms with E-state index in [0.717, 1.165) is 43.4 Å². The highest BCUT2D eigenvalue weighted by Gasteiger charge is 2.35. The van der Waals surface area contributed by atoms with Crippen LogP contribution in [0.4, 0.5) is 0 Å². The standard InChI is InChI=1S/C24H30N2O3S/c1-3-13-25(24(28)18-5-4-6-18)16-22(27)26-14-11-21-20(12-15-30-21)23(26)17-7-9-19(29-2)10-8-17/h7-10,12,15,18,23H,3-6,11,13-14,16H2,1-2H3/t23-/m0/s1. The molecule has 0 unspecified atom stereocenters. The van der Waals surface area contributed by atoms with Crippen LogP contribution >= 0.6 is 11.3 Å². The normalized spacial score (nSPS) is 18.5. The summed E-state index contributed by atoms with van der Waals surface area (Å²) in [6, 6.07) is 10.0. The average Bonchev–Trinajstić information content (AvgIpc) is 3.20. The minimum atomic E-state index is -0.110. The molecule has 0 radical (unpaired) electrons. The predicted molar refractivity (Wildman–Crippen MR) is 119 cm³/mol. The molecule has 2 heterocycles. The van der Waals surface area contributed by atoms with Crippen molar-refractivity contribution in [3.8, 4) is 5.75 Å². The summed E-state index contributed by atoms with van der Waals surface area (Å²) in [7, 11) is 1.66. The Hall–Kier alpha value is -2.34. The minimum Gasteiger partial charge on any atom is -0.497 e. The second-order valence-corrected chi connectivity index (χ2v) is 9.20. The number of benzene rings is 1. The van der Waals surface area contributed by atoms with Crippen molar-refractivity contribution in [3.05, 3.63) is 51.7 Å². The number of thiophene rings is 1. The van der Waals surface area contributed by atoms with Gasteiger partial charge >= 0.3 is 0 Å². The van der Waals surface area contributed by atoms with Gasteiger partial charge in [-0.05, 0) is 60.4 Å². The highest BCUT2D eigenvalue weighted by Crippen LogP contribution is 2.38. The molecule has 6 heteroatoms. The molecule has 1 aromatic carbocycles. The van der Waals surface area contributed by atoms with Crippen molar-refractivity contribution in [1.82, 2.24) is 9.80 Å². The first-order valence-corrected chi connectivity index (χ1v) is 11.8. The third-order valence-electron chi connectivity index (χ3n) is 6.30. The molecule has 1 aliphatic carbocycles. The Kier molecular flexibility index (Phi) is 6.42. The molecule has 160 valence electrons. The van der Waals surface area contributed by atoms with Crippen LogP contribution in [0.1, 0.15) is 54.7 Å². The van der Waals surface area contributed by atoms with E-state index < -0.39 is 0 Å². The zero-order chi connectivity index (χ0) is 21.1. The Morgan fingerprint density at radius 3 is 2.60 bits per heavy atom. The van der Waals surface area contributed by atoms with Crippen LogP contribution in [0.15, 0.2) is 35.7 Å². The Labute approximate surface area is 182 Å². The van der Waals surface area contributed by atoms with E-state index in [4.69, 9.17) is 4.74 Å². The highest BCUT2D eigenvalue weighted by molar-refractivity contribution is 7.10. The van der Waals surface area contributed by atoms with Crippen LogP contribution in [0.25, 0.3) is 0 Å². The molecule has 30 heavy (non-hydrogen) atoms. The van der Waals surface area contributed by atoms with Gasteiger partial charge in [0.2, 0.25) is 11.8 Å². The van der Waals surface area contributed by atoms with Gasteiger partial charge in [0.25, 0.3) is 0 Å². The number of hydrogen-bond donors (Lipinski definition) is 0. The van der Waals surface area contributed by atoms with Crippen LogP contribution in [0.2, 0.25) is 0 Å². The topological polar surface area (TPSA) is 49.9 Å². The number of nitrogens with zero attached hydrogens (tertiary/aromatic N) is 2. The second-order valence-electron chi connectivity index (χ2n) is 8.20. The van der Waals surface area contributed by atoms with Gasteiger partial charge in [-0.15, -0.1) is 11.3 Å². The van der Waals surface area contributed by atoms with Gasteiger partial charge in [-0.1, -0.05) is 25.5 Å². The molecule has 0 bridgehead atoms. The fraction of sp³-hybridized carbons (Fsp3) is 0.500. The first-order chi connectivity index (χ1) is 14.6. The van der Waals surface area contributed by atoms with E-state index in [-0.39, 0.29) is 30.3 Å². The SMILES string of the molecule is CCCN(CC(=O)N1CCc2sccc2[C@@H]1c1ccc(OC)cc1)C(=O)C1CCC1. The fourth-order valence-electron chi connectivity index (χ4n) is 4.44. The van der Waals surface area contributed by atoms with E-state index >= 15 is 0 Å². The van der Waals surface area contributed by atoms with Gasteiger partial charge < -0.3 is 14.5 Å². The molecular formula is C24H30N2O3S. The first kappa shape index (κ1) is 20.9. The Balaban J connectivity index is 1.58. The van der Waals surface area contributed by atoms with Gasteiger partial charge in [-0.25, -0.2) is 0 Å². The fourth-order valence-corrected chi connectivity index (χ4v) is 5.34. The molecule has 5 nitrogen and oxygen atoms in total. The molecule has 2 aromatic rings. The van der Waals surface area contributed by atoms with Crippen LogP contribution in [-0.2, 0) is 16.0 Å². The minimum absolute atomic E-state index is 0.0359. The zero-order valence-corrected chi connectivity index (χ0v) is 18.6. The number of hydrogen-bond acceptors (Lipinski definition) is 4. The number of amides is 2. The van der Waals surface area contributed by atoms with Crippen LogP contribution in [-0.4, -0.2) is 48.4 Å². The maximum atomic E-state index is 13.5. The monoisotopic (exact) mass is 426 g/mol. The molecule has 2 amide bonds. The molecule has 2 aliphatic rings. The molecule has 0 spiro atoms. The lowest BCUT2D eigenvalue weighted by Crippen LogP contribution is -2.48. The second kappa shape index (κ2) is 9.21. The molecule has 1 atom stereocenters. The Morgan fingerprint density at radius 2 is 1.97 bits per heavy atom. The van der Waals surface area contributed by atoms with Crippen molar-refractivity contribution in [2.75, 3.05) is 26.7 Å². The molecule has 1 saturated carbocycles. The van der Waals surface area contributed by atoms with E-state index in [1.165, 1.54) is 10.4 Å². The lowest BCUT2D eigenvalue weighted by molar-refractivity contribution is -0.145. The molecule has 0 N–H and O–H groups in total. The van der Waals surface area contributed by atoms with Gasteiger partial charge in [-0.3, -0.25) is 9.59 Å². The van der Waals surface area contributed by atoms with E-state index in [1.54, 1.807) is 23.3 Å². The van der Waals surface area contributed by atoms with Gasteiger partial charge in [0, 0.05) is 23.9 Å². The summed E-state index contributed by atoms with van der Waals surface area (Å²) in [5.41, 5.74) is 2.29. The third kappa shape index (κ3) is 4.10. The van der Waals surface area contributed by atoms with E-state index in [9.17, 15) is 9.59 Å². The molecule has 1 fully saturated rings. The summed E-state index contributed by atoms with van der Waals surface area (Å²) in [5.74, 6) is 1.12. The number of carbonyl (C=O) groups excluding carboxylic acids is 2. The van der Waals surface area contributed by atoms with Crippen molar-refractivity contribution in [2.24, 2.45) is 5.92 Å². The summed E-state index contributed by atoms with van der Waals surface area (Å²) in [6.45, 7) is 3.56. The summed E-state index contributed by atoms with van der Waals surface area (Å²) in [5, 5.41) is 2.11. The summed E-state index contributed by atoms with van der Waals surface area (Å²) < 4.78 is 5.31. The van der Waals surface area contributed by atoms with Crippen molar-refractivity contribution < 1.29 is 14.3 Å². The first-order valence-electron chi connectivity index (χ1n) is 10.9. The maximum Gasteiger partial charge on any atom is 0.242 e. The summed E-state index contributed by atoms with van der Waals surface area (Å²) in [4.78, 5) is 31.4. The molecule has 1 aromatic heterocycles. The summed E-state index contributed by atoms with van der Waals surface area (Å²) >= 11 is 1.76. The van der Waals surface area contributed by atoms with Gasteiger partial charge in [0.1, 0.15) is 5.75 Å². The van der Waals surface area contributed by atoms with Crippen molar-refractivity contribution in [2.45, 2.75) is 45.1 Å². The summed E-state index contributed by atoms with van der Waals surface area (Å²) in [6.07, 6.45) is 4.78. The van der Waals surface area contributed by atoms with E-state index in [0.29, 0.717) is 13.1 Å². The largest absolute Gasteiger partial charge is 0.497 e. The van der Waals surface area contributed by atoms with Gasteiger partial charge in [-0.2, -0.15) is 0 Å². The molecule has 4 rings (SSSR count). The van der Waals surface area contributed by atoms with Crippen molar-refractivity contribution in [3.63, 3.8) is 0 Å². The van der Waals surface area contributed by atoms with Gasteiger partial charge in [0.15, 0.2) is 0 Å². The van der Waals surface area contributed by atoms with E-state index in [1.807, 2.05) is 29.2 Å². The van der Waals surface area contributed by atoms with Crippen LogP contribution in [0.5, 0.6) is 5.75 Å². The molecule has 1 aliphatic heterocycles. The quantitative estimate of drug-likeness (QED) is 0.664.